The van der Waals surface area contributed by atoms with Crippen molar-refractivity contribution in [3.8, 4) is 5.75 Å². The van der Waals surface area contributed by atoms with E-state index < -0.39 is 24.7 Å². The highest BCUT2D eigenvalue weighted by atomic mass is 16.5. The van der Waals surface area contributed by atoms with Crippen LogP contribution in [0.3, 0.4) is 0 Å². The standard InChI is InChI=1S/C21H28N2O4/c1-14(2)11-12-27-19-6-4-3-5-17(19)21(26)23-18(13-24)20(25)15-7-9-16(22)10-8-15/h3-10,14,18,20,24-25H,11-13,22H2,1-2H3,(H,23,26). The van der Waals surface area contributed by atoms with Crippen molar-refractivity contribution >= 4 is 11.6 Å². The van der Waals surface area contributed by atoms with Gasteiger partial charge in [0.1, 0.15) is 11.9 Å². The summed E-state index contributed by atoms with van der Waals surface area (Å²) in [4.78, 5) is 12.7. The number of aliphatic hydroxyl groups is 2. The fourth-order valence-electron chi connectivity index (χ4n) is 2.58. The number of hydrogen-bond acceptors (Lipinski definition) is 5. The molecule has 2 unspecified atom stereocenters. The maximum absolute atomic E-state index is 12.7. The van der Waals surface area contributed by atoms with Crippen LogP contribution < -0.4 is 15.8 Å². The second-order valence-corrected chi connectivity index (χ2v) is 6.90. The highest BCUT2D eigenvalue weighted by molar-refractivity contribution is 5.97. The maximum Gasteiger partial charge on any atom is 0.255 e. The minimum absolute atomic E-state index is 0.365. The summed E-state index contributed by atoms with van der Waals surface area (Å²) < 4.78 is 5.74. The van der Waals surface area contributed by atoms with Crippen molar-refractivity contribution < 1.29 is 19.7 Å². The van der Waals surface area contributed by atoms with Crippen molar-refractivity contribution in [1.29, 1.82) is 0 Å². The van der Waals surface area contributed by atoms with Gasteiger partial charge in [0.15, 0.2) is 0 Å². The first-order valence-corrected chi connectivity index (χ1v) is 9.09. The number of rotatable bonds is 9. The zero-order chi connectivity index (χ0) is 19.8. The van der Waals surface area contributed by atoms with Crippen LogP contribution in [0.25, 0.3) is 0 Å². The van der Waals surface area contributed by atoms with Crippen molar-refractivity contribution in [3.63, 3.8) is 0 Å². The highest BCUT2D eigenvalue weighted by Crippen LogP contribution is 2.21. The van der Waals surface area contributed by atoms with Crippen molar-refractivity contribution in [1.82, 2.24) is 5.32 Å². The van der Waals surface area contributed by atoms with E-state index in [-0.39, 0.29) is 0 Å². The summed E-state index contributed by atoms with van der Waals surface area (Å²) in [7, 11) is 0. The van der Waals surface area contributed by atoms with E-state index >= 15 is 0 Å². The van der Waals surface area contributed by atoms with Gasteiger partial charge in [-0.2, -0.15) is 0 Å². The third-order valence-corrected chi connectivity index (χ3v) is 4.26. The Morgan fingerprint density at radius 2 is 1.81 bits per heavy atom. The van der Waals surface area contributed by atoms with Gasteiger partial charge in [-0.1, -0.05) is 38.1 Å². The van der Waals surface area contributed by atoms with Crippen LogP contribution in [-0.4, -0.2) is 35.4 Å². The van der Waals surface area contributed by atoms with Gasteiger partial charge in [0.25, 0.3) is 5.91 Å². The SMILES string of the molecule is CC(C)CCOc1ccccc1C(=O)NC(CO)C(O)c1ccc(N)cc1. The van der Waals surface area contributed by atoms with Crippen molar-refractivity contribution in [2.24, 2.45) is 5.92 Å². The smallest absolute Gasteiger partial charge is 0.255 e. The quantitative estimate of drug-likeness (QED) is 0.506. The molecule has 27 heavy (non-hydrogen) atoms. The van der Waals surface area contributed by atoms with Crippen molar-refractivity contribution in [3.05, 3.63) is 59.7 Å². The molecule has 0 bridgehead atoms. The lowest BCUT2D eigenvalue weighted by molar-refractivity contribution is 0.0700. The zero-order valence-electron chi connectivity index (χ0n) is 15.8. The lowest BCUT2D eigenvalue weighted by Crippen LogP contribution is -2.42. The van der Waals surface area contributed by atoms with Crippen LogP contribution in [0.5, 0.6) is 5.75 Å². The first-order chi connectivity index (χ1) is 12.9. The third-order valence-electron chi connectivity index (χ3n) is 4.26. The lowest BCUT2D eigenvalue weighted by atomic mass is 10.0. The van der Waals surface area contributed by atoms with E-state index in [1.807, 2.05) is 0 Å². The Bertz CT molecular complexity index is 731. The molecule has 2 atom stereocenters. The Kier molecular flexibility index (Phi) is 7.64. The molecule has 5 N–H and O–H groups in total. The Hall–Kier alpha value is -2.57. The molecule has 0 fully saturated rings. The normalized spacial score (nSPS) is 13.2. The number of nitrogens with one attached hydrogen (secondary N) is 1. The van der Waals surface area contributed by atoms with E-state index in [0.717, 1.165) is 6.42 Å². The first-order valence-electron chi connectivity index (χ1n) is 9.09. The summed E-state index contributed by atoms with van der Waals surface area (Å²) in [6.45, 7) is 4.31. The van der Waals surface area contributed by atoms with Gasteiger partial charge in [-0.15, -0.1) is 0 Å². The number of aliphatic hydroxyl groups excluding tert-OH is 2. The molecule has 2 rings (SSSR count). The van der Waals surface area contributed by atoms with Crippen molar-refractivity contribution in [2.45, 2.75) is 32.4 Å². The van der Waals surface area contributed by atoms with Crippen LogP contribution in [0.2, 0.25) is 0 Å². The van der Waals surface area contributed by atoms with E-state index in [0.29, 0.717) is 35.1 Å². The predicted octanol–water partition coefficient (Wildman–Crippen LogP) is 2.52. The zero-order valence-corrected chi connectivity index (χ0v) is 15.8. The summed E-state index contributed by atoms with van der Waals surface area (Å²) in [5, 5.41) is 22.8. The Morgan fingerprint density at radius 1 is 1.15 bits per heavy atom. The molecule has 0 aromatic heterocycles. The van der Waals surface area contributed by atoms with E-state index in [9.17, 15) is 15.0 Å². The largest absolute Gasteiger partial charge is 0.493 e. The summed E-state index contributed by atoms with van der Waals surface area (Å²) >= 11 is 0. The molecule has 0 aliphatic heterocycles. The highest BCUT2D eigenvalue weighted by Gasteiger charge is 2.24. The van der Waals surface area contributed by atoms with Gasteiger partial charge in [-0.25, -0.2) is 0 Å². The molecule has 146 valence electrons. The summed E-state index contributed by atoms with van der Waals surface area (Å²) in [6.07, 6.45) is -0.181. The minimum Gasteiger partial charge on any atom is -0.493 e. The van der Waals surface area contributed by atoms with E-state index in [2.05, 4.69) is 19.2 Å². The lowest BCUT2D eigenvalue weighted by Gasteiger charge is -2.23. The molecule has 6 heteroatoms. The van der Waals surface area contributed by atoms with Crippen LogP contribution in [0.4, 0.5) is 5.69 Å². The molecule has 0 aliphatic rings. The van der Waals surface area contributed by atoms with Crippen molar-refractivity contribution in [2.75, 3.05) is 18.9 Å². The molecule has 2 aromatic rings. The fraction of sp³-hybridized carbons (Fsp3) is 0.381. The summed E-state index contributed by atoms with van der Waals surface area (Å²) in [5.74, 6) is 0.567. The molecule has 0 heterocycles. The number of nitrogens with two attached hydrogens (primary N) is 1. The summed E-state index contributed by atoms with van der Waals surface area (Å²) in [5.41, 5.74) is 7.15. The third kappa shape index (κ3) is 5.98. The number of benzene rings is 2. The van der Waals surface area contributed by atoms with Gasteiger partial charge in [0.05, 0.1) is 24.8 Å². The number of amides is 1. The van der Waals surface area contributed by atoms with Crippen LogP contribution >= 0.6 is 0 Å². The topological polar surface area (TPSA) is 105 Å². The molecular formula is C21H28N2O4. The molecule has 0 saturated heterocycles. The fourth-order valence-corrected chi connectivity index (χ4v) is 2.58. The van der Waals surface area contributed by atoms with Gasteiger partial charge in [0, 0.05) is 5.69 Å². The van der Waals surface area contributed by atoms with Gasteiger partial charge < -0.3 is 26.0 Å². The van der Waals surface area contributed by atoms with E-state index in [1.165, 1.54) is 0 Å². The number of carbonyl (C=O) groups is 1. The average molecular weight is 372 g/mol. The van der Waals surface area contributed by atoms with Gasteiger partial charge in [0.2, 0.25) is 0 Å². The monoisotopic (exact) mass is 372 g/mol. The molecule has 0 saturated carbocycles. The Labute approximate surface area is 160 Å². The van der Waals surface area contributed by atoms with E-state index in [1.54, 1.807) is 48.5 Å². The Morgan fingerprint density at radius 3 is 2.44 bits per heavy atom. The second kappa shape index (κ2) is 9.94. The number of hydrogen-bond donors (Lipinski definition) is 4. The van der Waals surface area contributed by atoms with Crippen LogP contribution in [0.15, 0.2) is 48.5 Å². The van der Waals surface area contributed by atoms with Crippen LogP contribution in [0, 0.1) is 5.92 Å². The van der Waals surface area contributed by atoms with Crippen LogP contribution in [-0.2, 0) is 0 Å². The number of carbonyl (C=O) groups excluding carboxylic acids is 1. The molecule has 0 radical (unpaired) electrons. The molecular weight excluding hydrogens is 344 g/mol. The number of para-hydroxylation sites is 1. The second-order valence-electron chi connectivity index (χ2n) is 6.90. The number of ether oxygens (including phenoxy) is 1. The Balaban J connectivity index is 2.09. The minimum atomic E-state index is -1.06. The van der Waals surface area contributed by atoms with Crippen LogP contribution in [0.1, 0.15) is 42.3 Å². The molecule has 0 aliphatic carbocycles. The first kappa shape index (κ1) is 20.7. The maximum atomic E-state index is 12.7. The molecule has 0 spiro atoms. The number of anilines is 1. The molecule has 6 nitrogen and oxygen atoms in total. The van der Waals surface area contributed by atoms with Gasteiger partial charge in [-0.05, 0) is 42.2 Å². The number of nitrogen functional groups attached to an aromatic ring is 1. The average Bonchev–Trinajstić information content (AvgIpc) is 2.66. The van der Waals surface area contributed by atoms with E-state index in [4.69, 9.17) is 10.5 Å². The summed E-state index contributed by atoms with van der Waals surface area (Å²) in [6, 6.07) is 12.7. The predicted molar refractivity (Wildman–Crippen MR) is 106 cm³/mol. The molecule has 1 amide bonds. The van der Waals surface area contributed by atoms with Gasteiger partial charge >= 0.3 is 0 Å². The molecule has 2 aromatic carbocycles. The van der Waals surface area contributed by atoms with Gasteiger partial charge in [-0.3, -0.25) is 4.79 Å².